The normalized spacial score (nSPS) is 21.4. The minimum absolute atomic E-state index is 0.341. The van der Waals surface area contributed by atoms with E-state index in [2.05, 4.69) is 5.10 Å². The van der Waals surface area contributed by atoms with E-state index in [1.807, 2.05) is 7.05 Å². The molecule has 0 fully saturated rings. The predicted octanol–water partition coefficient (Wildman–Crippen LogP) is -0.142. The van der Waals surface area contributed by atoms with Crippen LogP contribution in [0.3, 0.4) is 0 Å². The number of aromatic nitrogens is 2. The van der Waals surface area contributed by atoms with Crippen LogP contribution >= 0.6 is 0 Å². The van der Waals surface area contributed by atoms with E-state index in [-0.39, 0.29) is 6.10 Å². The fraction of sp³-hybridized carbons (Fsp3) is 0.625. The highest BCUT2D eigenvalue weighted by atomic mass is 16.3. The lowest BCUT2D eigenvalue weighted by molar-refractivity contribution is 0.178. The molecule has 1 aliphatic carbocycles. The highest BCUT2D eigenvalue weighted by Crippen LogP contribution is 2.32. The van der Waals surface area contributed by atoms with E-state index in [4.69, 9.17) is 5.73 Å². The number of nitrogens with zero attached hydrogens (tertiary/aromatic N) is 2. The molecular formula is C8H13N3O. The number of nitrogens with two attached hydrogens (primary N) is 1. The van der Waals surface area contributed by atoms with Gasteiger partial charge in [-0.3, -0.25) is 4.68 Å². The summed E-state index contributed by atoms with van der Waals surface area (Å²) in [5, 5.41) is 13.9. The third kappa shape index (κ3) is 0.884. The number of aryl methyl sites for hydroxylation is 2. The summed E-state index contributed by atoms with van der Waals surface area (Å²) in [7, 11) is 1.87. The molecule has 1 aliphatic rings. The first-order chi connectivity index (χ1) is 5.74. The van der Waals surface area contributed by atoms with Crippen LogP contribution < -0.4 is 5.73 Å². The van der Waals surface area contributed by atoms with Gasteiger partial charge < -0.3 is 10.8 Å². The van der Waals surface area contributed by atoms with Gasteiger partial charge in [-0.2, -0.15) is 5.10 Å². The topological polar surface area (TPSA) is 64.1 Å². The van der Waals surface area contributed by atoms with Crippen molar-refractivity contribution in [3.63, 3.8) is 0 Å². The Labute approximate surface area is 71.0 Å². The first-order valence-electron chi connectivity index (χ1n) is 4.16. The van der Waals surface area contributed by atoms with Crippen LogP contribution in [0.1, 0.15) is 29.5 Å². The van der Waals surface area contributed by atoms with E-state index < -0.39 is 0 Å². The van der Waals surface area contributed by atoms with Crippen LogP contribution in [0.15, 0.2) is 0 Å². The summed E-state index contributed by atoms with van der Waals surface area (Å²) in [4.78, 5) is 0. The molecule has 1 aromatic rings. The average Bonchev–Trinajstić information content (AvgIpc) is 2.52. The quantitative estimate of drug-likeness (QED) is 0.611. The van der Waals surface area contributed by atoms with Crippen molar-refractivity contribution in [2.45, 2.75) is 25.5 Å². The maximum absolute atomic E-state index is 9.60. The summed E-state index contributed by atoms with van der Waals surface area (Å²) < 4.78 is 1.77. The maximum atomic E-state index is 9.60. The number of fused-ring (bicyclic) bond motifs is 1. The number of rotatable bonds is 1. The summed E-state index contributed by atoms with van der Waals surface area (Å²) in [6.45, 7) is 0.454. The predicted molar refractivity (Wildman–Crippen MR) is 44.4 cm³/mol. The van der Waals surface area contributed by atoms with E-state index in [9.17, 15) is 5.11 Å². The molecule has 12 heavy (non-hydrogen) atoms. The summed E-state index contributed by atoms with van der Waals surface area (Å²) in [5.74, 6) is 0. The molecule has 4 nitrogen and oxygen atoms in total. The second-order valence-electron chi connectivity index (χ2n) is 3.19. The molecule has 0 aliphatic heterocycles. The molecule has 0 radical (unpaired) electrons. The zero-order valence-electron chi connectivity index (χ0n) is 7.12. The Balaban J connectivity index is 2.54. The van der Waals surface area contributed by atoms with Gasteiger partial charge in [0, 0.05) is 19.2 Å². The molecule has 1 heterocycles. The zero-order chi connectivity index (χ0) is 8.72. The summed E-state index contributed by atoms with van der Waals surface area (Å²) in [6, 6.07) is 0. The Morgan fingerprint density at radius 2 is 2.50 bits per heavy atom. The fourth-order valence-corrected chi connectivity index (χ4v) is 1.87. The molecule has 66 valence electrons. The second-order valence-corrected chi connectivity index (χ2v) is 3.19. The van der Waals surface area contributed by atoms with Crippen molar-refractivity contribution in [3.05, 3.63) is 17.0 Å². The van der Waals surface area contributed by atoms with Gasteiger partial charge >= 0.3 is 0 Å². The molecule has 0 bridgehead atoms. The summed E-state index contributed by atoms with van der Waals surface area (Å²) >= 11 is 0. The zero-order valence-corrected chi connectivity index (χ0v) is 7.12. The Morgan fingerprint density at radius 1 is 1.75 bits per heavy atom. The van der Waals surface area contributed by atoms with Crippen molar-refractivity contribution in [1.82, 2.24) is 9.78 Å². The Morgan fingerprint density at radius 3 is 3.17 bits per heavy atom. The van der Waals surface area contributed by atoms with Gasteiger partial charge in [-0.1, -0.05) is 0 Å². The molecule has 0 saturated heterocycles. The fourth-order valence-electron chi connectivity index (χ4n) is 1.87. The number of aliphatic hydroxyl groups is 1. The van der Waals surface area contributed by atoms with Crippen LogP contribution in [0, 0.1) is 0 Å². The highest BCUT2D eigenvalue weighted by molar-refractivity contribution is 5.32. The molecule has 1 unspecified atom stereocenters. The number of hydrogen-bond acceptors (Lipinski definition) is 3. The van der Waals surface area contributed by atoms with Gasteiger partial charge in [0.25, 0.3) is 0 Å². The molecule has 1 atom stereocenters. The Hall–Kier alpha value is -0.870. The molecule has 4 heteroatoms. The van der Waals surface area contributed by atoms with E-state index in [0.717, 1.165) is 29.8 Å². The van der Waals surface area contributed by atoms with Gasteiger partial charge in [0.2, 0.25) is 0 Å². The van der Waals surface area contributed by atoms with E-state index in [1.165, 1.54) is 0 Å². The van der Waals surface area contributed by atoms with Crippen molar-refractivity contribution in [3.8, 4) is 0 Å². The van der Waals surface area contributed by atoms with Gasteiger partial charge in [-0.05, 0) is 12.8 Å². The van der Waals surface area contributed by atoms with Gasteiger partial charge in [0.05, 0.1) is 17.5 Å². The van der Waals surface area contributed by atoms with Crippen LogP contribution in [0.25, 0.3) is 0 Å². The summed E-state index contributed by atoms with van der Waals surface area (Å²) in [5.41, 5.74) is 8.52. The Kier molecular flexibility index (Phi) is 1.66. The molecule has 3 N–H and O–H groups in total. The smallest absolute Gasteiger partial charge is 0.0830 e. The lowest BCUT2D eigenvalue weighted by atomic mass is 10.1. The SMILES string of the molecule is Cn1nc2c(c1CN)C(O)CC2. The third-order valence-electron chi connectivity index (χ3n) is 2.46. The van der Waals surface area contributed by atoms with Crippen molar-refractivity contribution in [2.75, 3.05) is 0 Å². The first kappa shape index (κ1) is 7.76. The van der Waals surface area contributed by atoms with Crippen LogP contribution in [0.5, 0.6) is 0 Å². The first-order valence-corrected chi connectivity index (χ1v) is 4.16. The average molecular weight is 167 g/mol. The molecule has 2 rings (SSSR count). The van der Waals surface area contributed by atoms with Crippen LogP contribution in [0.4, 0.5) is 0 Å². The summed E-state index contributed by atoms with van der Waals surface area (Å²) in [6.07, 6.45) is 1.34. The van der Waals surface area contributed by atoms with E-state index in [0.29, 0.717) is 6.54 Å². The van der Waals surface area contributed by atoms with Crippen LogP contribution in [0.2, 0.25) is 0 Å². The molecule has 0 amide bonds. The molecular weight excluding hydrogens is 154 g/mol. The van der Waals surface area contributed by atoms with Crippen molar-refractivity contribution >= 4 is 0 Å². The molecule has 0 saturated carbocycles. The maximum Gasteiger partial charge on any atom is 0.0830 e. The van der Waals surface area contributed by atoms with E-state index in [1.54, 1.807) is 4.68 Å². The minimum atomic E-state index is -0.341. The van der Waals surface area contributed by atoms with E-state index >= 15 is 0 Å². The van der Waals surface area contributed by atoms with Gasteiger partial charge in [-0.25, -0.2) is 0 Å². The minimum Gasteiger partial charge on any atom is -0.388 e. The third-order valence-corrected chi connectivity index (χ3v) is 2.46. The lowest BCUT2D eigenvalue weighted by Crippen LogP contribution is -2.08. The molecule has 0 aromatic carbocycles. The van der Waals surface area contributed by atoms with Gasteiger partial charge in [0.15, 0.2) is 0 Å². The van der Waals surface area contributed by atoms with Crippen molar-refractivity contribution in [2.24, 2.45) is 12.8 Å². The largest absolute Gasteiger partial charge is 0.388 e. The van der Waals surface area contributed by atoms with Crippen molar-refractivity contribution < 1.29 is 5.11 Å². The standard InChI is InChI=1S/C8H13N3O/c1-11-6(4-9)8-5(10-11)2-3-7(8)12/h7,12H,2-4,9H2,1H3. The number of aliphatic hydroxyl groups excluding tert-OH is 1. The van der Waals surface area contributed by atoms with Gasteiger partial charge in [-0.15, -0.1) is 0 Å². The monoisotopic (exact) mass is 167 g/mol. The highest BCUT2D eigenvalue weighted by Gasteiger charge is 2.27. The lowest BCUT2D eigenvalue weighted by Gasteiger charge is -2.05. The molecule has 1 aromatic heterocycles. The second kappa shape index (κ2) is 2.57. The molecule has 0 spiro atoms. The Bertz CT molecular complexity index is 305. The number of hydrogen-bond donors (Lipinski definition) is 2. The van der Waals surface area contributed by atoms with Crippen LogP contribution in [-0.4, -0.2) is 14.9 Å². The van der Waals surface area contributed by atoms with Gasteiger partial charge in [0.1, 0.15) is 0 Å². The van der Waals surface area contributed by atoms with Crippen molar-refractivity contribution in [1.29, 1.82) is 0 Å². The van der Waals surface area contributed by atoms with Crippen LogP contribution in [-0.2, 0) is 20.0 Å².